The van der Waals surface area contributed by atoms with Crippen LogP contribution < -0.4 is 10.2 Å². The third kappa shape index (κ3) is 19.4. The Morgan fingerprint density at radius 1 is 0.552 bits per heavy atom. The van der Waals surface area contributed by atoms with Gasteiger partial charge in [0.05, 0.1) is 94.2 Å². The van der Waals surface area contributed by atoms with Gasteiger partial charge in [0.15, 0.2) is 28.6 Å². The molecule has 2 aromatic carbocycles. The maximum Gasteiger partial charge on any atom is 0.436 e. The summed E-state index contributed by atoms with van der Waals surface area (Å²) in [5.74, 6) is -2.40. The number of H-pyrrole nitrogens is 1. The van der Waals surface area contributed by atoms with Crippen LogP contribution in [-0.2, 0) is 56.7 Å². The number of carboxylic acid groups (broad SMARTS) is 1. The van der Waals surface area contributed by atoms with Crippen LogP contribution in [0.4, 0.5) is 72.8 Å². The van der Waals surface area contributed by atoms with Crippen LogP contribution in [0.5, 0.6) is 0 Å². The highest BCUT2D eigenvalue weighted by molar-refractivity contribution is 9.10. The topological polar surface area (TPSA) is 222 Å². The van der Waals surface area contributed by atoms with Gasteiger partial charge in [-0.05, 0) is 143 Å². The molecule has 6 aromatic heterocycles. The summed E-state index contributed by atoms with van der Waals surface area (Å²) >= 11 is 25.2. The van der Waals surface area contributed by atoms with Crippen LogP contribution in [0.25, 0.3) is 11.4 Å². The van der Waals surface area contributed by atoms with Gasteiger partial charge < -0.3 is 15.3 Å². The molecule has 10 rings (SSSR count). The number of aromatic nitrogens is 12. The number of aromatic amines is 1. The first-order valence-electron chi connectivity index (χ1n) is 28.1. The van der Waals surface area contributed by atoms with E-state index < -0.39 is 92.6 Å². The number of nitrogens with one attached hydrogen (secondary N) is 2. The lowest BCUT2D eigenvalue weighted by Gasteiger charge is -2.30. The molecule has 0 saturated carbocycles. The van der Waals surface area contributed by atoms with E-state index in [9.17, 15) is 80.6 Å². The second-order valence-corrected chi connectivity index (χ2v) is 24.1. The summed E-state index contributed by atoms with van der Waals surface area (Å²) in [4.78, 5) is 46.6. The van der Waals surface area contributed by atoms with E-state index in [4.69, 9.17) is 51.5 Å². The number of halogens is 19. The van der Waals surface area contributed by atoms with E-state index in [0.717, 1.165) is 50.5 Å². The van der Waals surface area contributed by atoms with Gasteiger partial charge in [-0.3, -0.25) is 33.5 Å². The molecular weight excluding hydrogens is 1460 g/mol. The Bertz CT molecular complexity index is 3950. The van der Waals surface area contributed by atoms with Crippen molar-refractivity contribution in [2.45, 2.75) is 143 Å². The number of alkyl halides is 13. The first-order valence-corrected chi connectivity index (χ1v) is 30.6. The molecular formula is C58H59BrCl4F14N14O5. The highest BCUT2D eigenvalue weighted by Gasteiger charge is 2.43. The van der Waals surface area contributed by atoms with Gasteiger partial charge in [0, 0.05) is 13.1 Å². The molecule has 0 spiro atoms. The van der Waals surface area contributed by atoms with Crippen LogP contribution in [0.15, 0.2) is 60.9 Å². The average molecular weight is 1520 g/mol. The lowest BCUT2D eigenvalue weighted by molar-refractivity contribution is -0.144. The first-order chi connectivity index (χ1) is 44.3. The van der Waals surface area contributed by atoms with E-state index in [2.05, 4.69) is 56.9 Å². The summed E-state index contributed by atoms with van der Waals surface area (Å²) in [5.41, 5.74) is 0.873. The van der Waals surface area contributed by atoms with Crippen LogP contribution in [0.2, 0.25) is 20.1 Å². The minimum absolute atomic E-state index is 0.0242. The van der Waals surface area contributed by atoms with Crippen molar-refractivity contribution in [3.05, 3.63) is 150 Å². The number of carbonyl (C=O) groups is 4. The smallest absolute Gasteiger partial charge is 0.436 e. The number of aryl methyl sites for hydroxylation is 1. The molecule has 3 N–H and O–H groups in total. The molecule has 19 nitrogen and oxygen atoms in total. The zero-order chi connectivity index (χ0) is 72.6. The van der Waals surface area contributed by atoms with Gasteiger partial charge in [0.2, 0.25) is 0 Å². The highest BCUT2D eigenvalue weighted by Crippen LogP contribution is 2.40. The number of anilines is 2. The van der Waals surface area contributed by atoms with E-state index in [1.54, 1.807) is 35.9 Å². The van der Waals surface area contributed by atoms with Crippen LogP contribution >= 0.6 is 62.3 Å². The lowest BCUT2D eigenvalue weighted by Crippen LogP contribution is -2.40. The van der Waals surface area contributed by atoms with E-state index >= 15 is 0 Å². The minimum atomic E-state index is -4.72. The molecule has 0 radical (unpaired) electrons. The van der Waals surface area contributed by atoms with Crippen molar-refractivity contribution in [2.24, 2.45) is 0 Å². The molecule has 4 unspecified atom stereocenters. The Kier molecular flexibility index (Phi) is 26.5. The van der Waals surface area contributed by atoms with E-state index in [1.807, 2.05) is 17.8 Å². The van der Waals surface area contributed by atoms with Gasteiger partial charge in [-0.1, -0.05) is 62.3 Å². The number of carboxylic acids is 1. The molecule has 96 heavy (non-hydrogen) atoms. The minimum Gasteiger partial charge on any atom is -0.480 e. The van der Waals surface area contributed by atoms with E-state index in [1.165, 1.54) is 96.4 Å². The molecule has 524 valence electrons. The number of Topliss-reactive ketones (excluding diaryl/α,β-unsaturated/α-hetero) is 2. The Morgan fingerprint density at radius 2 is 0.938 bits per heavy atom. The van der Waals surface area contributed by atoms with Gasteiger partial charge in [0.25, 0.3) is 5.91 Å². The monoisotopic (exact) mass is 1520 g/mol. The number of aliphatic carboxylic acids is 1. The van der Waals surface area contributed by atoms with Crippen molar-refractivity contribution in [1.29, 1.82) is 0 Å². The molecule has 8 heterocycles. The highest BCUT2D eigenvalue weighted by atomic mass is 79.9. The predicted octanol–water partition coefficient (Wildman–Crippen LogP) is 16.4. The molecule has 38 heteroatoms. The van der Waals surface area contributed by atoms with Crippen LogP contribution in [0.3, 0.4) is 0 Å². The fraction of sp³-hybridized carbons (Fsp3) is 0.414. The summed E-state index contributed by atoms with van der Waals surface area (Å²) in [6, 6.07) is 9.25. The summed E-state index contributed by atoms with van der Waals surface area (Å²) in [6.07, 6.45) is -11.7. The normalized spacial score (nSPS) is 14.2. The number of benzene rings is 2. The first kappa shape index (κ1) is 79.1. The van der Waals surface area contributed by atoms with Crippen LogP contribution in [-0.4, -0.2) is 106 Å². The summed E-state index contributed by atoms with van der Waals surface area (Å²) < 4.78 is 182. The number of nitrogens with zero attached hydrogens (tertiary/aromatic N) is 12. The van der Waals surface area contributed by atoms with Crippen LogP contribution in [0.1, 0.15) is 129 Å². The fourth-order valence-electron chi connectivity index (χ4n) is 8.81. The zero-order valence-corrected chi connectivity index (χ0v) is 56.6. The standard InChI is InChI=1S/C20H18ClF4N5O.C12H12FN3.C9H10ClF3N2O.C8H8ClF3N2O2.C5H4ClF3N2.C4H7BrO/c1-11-17(21)18(20(23,24)25)27-29(11)12(2)19(31)28-9-3-4-15-16(28)10-26-30(15)14-7-5-13(22)6-8-14;13-9-3-5-10(6-4-9)16-12-2-1-7-14-11(12)8-15-16;1-4(6(3)16)15-5(2)7(10)8(14-15)9(11,12)13;1-3-5(9)6(8(10,11)12)13-14(3)4(2)7(15)16;1-2-3(6)4(11-10-2)5(7,8)9;1-3(5)4(2)6/h5-8,10,12H,3-4,9H2,1-2H3;3-6,8,14H,1-2,7H2;4H,1-3H3;4H,1-2H3,(H,15,16);1H3,(H,10,11);3H,1-2H3. The number of carbonyl (C=O) groups excluding carboxylic acids is 3. The third-order valence-corrected chi connectivity index (χ3v) is 16.7. The zero-order valence-electron chi connectivity index (χ0n) is 52.0. The number of hydrogen-bond donors (Lipinski definition) is 3. The molecule has 8 aromatic rings. The number of hydrogen-bond acceptors (Lipinski definition) is 11. The van der Waals surface area contributed by atoms with Crippen molar-refractivity contribution in [2.75, 3.05) is 23.3 Å². The van der Waals surface area contributed by atoms with Crippen molar-refractivity contribution >= 4 is 97.2 Å². The Balaban J connectivity index is 0.000000222. The lowest BCUT2D eigenvalue weighted by atomic mass is 10.1. The Hall–Kier alpha value is -7.56. The molecule has 0 saturated heterocycles. The van der Waals surface area contributed by atoms with Crippen molar-refractivity contribution in [1.82, 2.24) is 59.1 Å². The number of amides is 1. The summed E-state index contributed by atoms with van der Waals surface area (Å²) in [7, 11) is 0. The quantitative estimate of drug-likeness (QED) is 0.0907. The Labute approximate surface area is 566 Å². The molecule has 4 atom stereocenters. The SMILES string of the molecule is CC(=O)C(C)Br.CC(=O)C(C)n1nc(C(F)(F)F)c(Cl)c1C.Cc1[nH]nc(C(F)(F)F)c1Cl.Cc1c(Cl)c(C(F)(F)F)nn1C(C)C(=O)N1CCCc2c1cnn2-c1ccc(F)cc1.Cc1c(Cl)c(C(F)(F)F)nn1C(C)C(=O)O.Fc1ccc(-n2ncc3c2CCCN3)cc1. The molecule has 1 amide bonds. The predicted molar refractivity (Wildman–Crippen MR) is 330 cm³/mol. The largest absolute Gasteiger partial charge is 0.480 e. The second-order valence-electron chi connectivity index (χ2n) is 21.2. The third-order valence-electron chi connectivity index (χ3n) is 14.3. The average Bonchev–Trinajstić information content (AvgIpc) is 1.59. The van der Waals surface area contributed by atoms with Gasteiger partial charge in [-0.2, -0.15) is 83.3 Å². The summed E-state index contributed by atoms with van der Waals surface area (Å²) in [5, 5.41) is 34.0. The van der Waals surface area contributed by atoms with Crippen molar-refractivity contribution in [3.63, 3.8) is 0 Å². The van der Waals surface area contributed by atoms with Crippen LogP contribution in [0, 0.1) is 39.3 Å². The maximum atomic E-state index is 13.3. The molecule has 0 fully saturated rings. The molecule has 2 aliphatic heterocycles. The molecule has 0 bridgehead atoms. The molecule has 0 aliphatic carbocycles. The van der Waals surface area contributed by atoms with Crippen molar-refractivity contribution < 1.29 is 85.8 Å². The number of ketones is 2. The molecule has 2 aliphatic rings. The number of fused-ring (bicyclic) bond motifs is 2. The van der Waals surface area contributed by atoms with Gasteiger partial charge in [-0.25, -0.2) is 22.9 Å². The van der Waals surface area contributed by atoms with E-state index in [0.29, 0.717) is 30.8 Å². The maximum absolute atomic E-state index is 13.3. The summed E-state index contributed by atoms with van der Waals surface area (Å²) in [6.45, 7) is 15.7. The van der Waals surface area contributed by atoms with E-state index in [-0.39, 0.29) is 55.8 Å². The van der Waals surface area contributed by atoms with Gasteiger partial charge in [-0.15, -0.1) is 0 Å². The Morgan fingerprint density at radius 3 is 1.29 bits per heavy atom. The van der Waals surface area contributed by atoms with Gasteiger partial charge >= 0.3 is 30.7 Å². The number of rotatable bonds is 9. The van der Waals surface area contributed by atoms with Gasteiger partial charge in [0.1, 0.15) is 35.5 Å². The second kappa shape index (κ2) is 32.2. The van der Waals surface area contributed by atoms with Crippen molar-refractivity contribution in [3.8, 4) is 11.4 Å². The fourth-order valence-corrected chi connectivity index (χ4v) is 9.70.